The lowest BCUT2D eigenvalue weighted by Crippen LogP contribution is -2.01. The van der Waals surface area contributed by atoms with Crippen molar-refractivity contribution in [3.8, 4) is 11.4 Å². The van der Waals surface area contributed by atoms with Crippen LogP contribution in [0.3, 0.4) is 0 Å². The molecule has 0 bridgehead atoms. The van der Waals surface area contributed by atoms with Gasteiger partial charge in [-0.1, -0.05) is 5.16 Å². The van der Waals surface area contributed by atoms with Crippen molar-refractivity contribution in [3.63, 3.8) is 0 Å². The largest absolute Gasteiger partial charge is 0.481 e. The summed E-state index contributed by atoms with van der Waals surface area (Å²) in [7, 11) is 0. The number of carbonyl (C=O) groups is 1. The third kappa shape index (κ3) is 4.27. The minimum atomic E-state index is -0.833. The van der Waals surface area contributed by atoms with Gasteiger partial charge in [-0.05, 0) is 12.1 Å². The fourth-order valence-electron chi connectivity index (χ4n) is 1.69. The minimum absolute atomic E-state index is 0.640. The molecule has 7 heteroatoms. The van der Waals surface area contributed by atoms with E-state index >= 15 is 0 Å². The van der Waals surface area contributed by atoms with E-state index < -0.39 is 5.97 Å². The second-order valence-corrected chi connectivity index (χ2v) is 4.13. The molecule has 0 fully saturated rings. The van der Waals surface area contributed by atoms with Crippen LogP contribution in [0.15, 0.2) is 53.8 Å². The molecule has 7 nitrogen and oxygen atoms in total. The molecule has 0 radical (unpaired) electrons. The molecule has 0 aromatic carbocycles. The zero-order valence-corrected chi connectivity index (χ0v) is 11.4. The summed E-state index contributed by atoms with van der Waals surface area (Å²) in [4.78, 5) is 17.4. The number of hydrogen-bond donors (Lipinski definition) is 1. The molecule has 21 heavy (non-hydrogen) atoms. The number of nitrogens with zero attached hydrogens (tertiary/aromatic N) is 4. The third-order valence-corrected chi connectivity index (χ3v) is 2.46. The molecule has 3 aromatic rings. The Morgan fingerprint density at radius 1 is 1.38 bits per heavy atom. The van der Waals surface area contributed by atoms with E-state index in [2.05, 4.69) is 15.1 Å². The van der Waals surface area contributed by atoms with Gasteiger partial charge in [0.15, 0.2) is 0 Å². The number of rotatable bonds is 3. The monoisotopic (exact) mass is 286 g/mol. The first kappa shape index (κ1) is 14.4. The highest BCUT2D eigenvalue weighted by molar-refractivity contribution is 5.63. The Morgan fingerprint density at radius 2 is 2.19 bits per heavy atom. The Labute approximate surface area is 120 Å². The molecule has 0 aliphatic carbocycles. The van der Waals surface area contributed by atoms with Crippen molar-refractivity contribution in [3.05, 3.63) is 54.9 Å². The Balaban J connectivity index is 0.000000361. The zero-order valence-electron chi connectivity index (χ0n) is 11.4. The maximum atomic E-state index is 9.00. The summed E-state index contributed by atoms with van der Waals surface area (Å²) < 4.78 is 6.82. The molecule has 0 aliphatic rings. The Kier molecular flexibility index (Phi) is 4.81. The van der Waals surface area contributed by atoms with Gasteiger partial charge in [0.2, 0.25) is 0 Å². The van der Waals surface area contributed by atoms with Gasteiger partial charge in [0.25, 0.3) is 5.97 Å². The molecule has 0 spiro atoms. The summed E-state index contributed by atoms with van der Waals surface area (Å²) in [5.74, 6) is 0.0427. The van der Waals surface area contributed by atoms with Crippen molar-refractivity contribution in [2.45, 2.75) is 13.5 Å². The van der Waals surface area contributed by atoms with Gasteiger partial charge in [0.1, 0.15) is 17.8 Å². The number of pyridine rings is 1. The van der Waals surface area contributed by atoms with E-state index in [0.717, 1.165) is 24.0 Å². The van der Waals surface area contributed by atoms with Crippen LogP contribution in [0.25, 0.3) is 11.4 Å². The van der Waals surface area contributed by atoms with Crippen LogP contribution in [-0.2, 0) is 11.3 Å². The quantitative estimate of drug-likeness (QED) is 0.792. The Bertz CT molecular complexity index is 673. The van der Waals surface area contributed by atoms with Crippen molar-refractivity contribution in [1.82, 2.24) is 19.7 Å². The first-order valence-corrected chi connectivity index (χ1v) is 6.17. The van der Waals surface area contributed by atoms with Crippen LogP contribution in [-0.4, -0.2) is 30.8 Å². The number of imidazole rings is 1. The number of aromatic nitrogens is 4. The summed E-state index contributed by atoms with van der Waals surface area (Å²) in [6.45, 7) is 1.72. The molecule has 3 rings (SSSR count). The third-order valence-electron chi connectivity index (χ3n) is 2.46. The Hall–Kier alpha value is -2.96. The van der Waals surface area contributed by atoms with E-state index in [1.54, 1.807) is 24.9 Å². The summed E-state index contributed by atoms with van der Waals surface area (Å²) >= 11 is 0. The van der Waals surface area contributed by atoms with E-state index in [4.69, 9.17) is 14.4 Å². The predicted molar refractivity (Wildman–Crippen MR) is 74.4 cm³/mol. The minimum Gasteiger partial charge on any atom is -0.481 e. The molecular weight excluding hydrogens is 272 g/mol. The molecule has 0 saturated carbocycles. The predicted octanol–water partition coefficient (Wildman–Crippen LogP) is 2.07. The second-order valence-electron chi connectivity index (χ2n) is 4.13. The van der Waals surface area contributed by atoms with Crippen LogP contribution < -0.4 is 0 Å². The van der Waals surface area contributed by atoms with Crippen LogP contribution in [0, 0.1) is 0 Å². The number of aliphatic carboxylic acids is 1. The molecule has 3 aromatic heterocycles. The molecule has 3 heterocycles. The highest BCUT2D eigenvalue weighted by Gasteiger charge is 2.07. The van der Waals surface area contributed by atoms with Crippen LogP contribution >= 0.6 is 0 Å². The first-order chi connectivity index (χ1) is 10.2. The van der Waals surface area contributed by atoms with Gasteiger partial charge in [-0.15, -0.1) is 0 Å². The van der Waals surface area contributed by atoms with E-state index in [1.807, 2.05) is 29.0 Å². The van der Waals surface area contributed by atoms with Crippen molar-refractivity contribution in [1.29, 1.82) is 0 Å². The highest BCUT2D eigenvalue weighted by Crippen LogP contribution is 2.16. The molecule has 0 atom stereocenters. The molecule has 0 aliphatic heterocycles. The fraction of sp³-hybridized carbons (Fsp3) is 0.143. The maximum Gasteiger partial charge on any atom is 0.300 e. The van der Waals surface area contributed by atoms with Gasteiger partial charge < -0.3 is 14.2 Å². The molecule has 108 valence electrons. The standard InChI is InChI=1S/C12H10N4O.C2H4O2/c1-2-10(8-13-4-1)12-14-5-6-16(12)9-11-3-7-17-15-11;1-2(3)4/h1-8H,9H2;1H3,(H,3,4). The summed E-state index contributed by atoms with van der Waals surface area (Å²) in [6, 6.07) is 5.71. The van der Waals surface area contributed by atoms with Crippen LogP contribution in [0.2, 0.25) is 0 Å². The zero-order chi connectivity index (χ0) is 15.1. The van der Waals surface area contributed by atoms with E-state index in [-0.39, 0.29) is 0 Å². The lowest BCUT2D eigenvalue weighted by molar-refractivity contribution is -0.134. The molecule has 0 amide bonds. The average molecular weight is 286 g/mol. The SMILES string of the molecule is CC(=O)O.c1cncc(-c2nccn2Cc2ccon2)c1. The van der Waals surface area contributed by atoms with Crippen molar-refractivity contribution < 1.29 is 14.4 Å². The normalized spacial score (nSPS) is 9.76. The second kappa shape index (κ2) is 6.99. The van der Waals surface area contributed by atoms with Gasteiger partial charge in [0, 0.05) is 43.3 Å². The molecule has 1 N–H and O–H groups in total. The number of carboxylic acid groups (broad SMARTS) is 1. The summed E-state index contributed by atoms with van der Waals surface area (Å²) in [6.07, 6.45) is 8.78. The Morgan fingerprint density at radius 3 is 2.81 bits per heavy atom. The first-order valence-electron chi connectivity index (χ1n) is 6.17. The van der Waals surface area contributed by atoms with E-state index in [1.165, 1.54) is 0 Å². The van der Waals surface area contributed by atoms with Gasteiger partial charge >= 0.3 is 0 Å². The molecule has 0 unspecified atom stereocenters. The van der Waals surface area contributed by atoms with Crippen LogP contribution in [0.4, 0.5) is 0 Å². The van der Waals surface area contributed by atoms with E-state index in [0.29, 0.717) is 6.54 Å². The van der Waals surface area contributed by atoms with Gasteiger partial charge in [-0.2, -0.15) is 0 Å². The van der Waals surface area contributed by atoms with Gasteiger partial charge in [-0.25, -0.2) is 4.98 Å². The lowest BCUT2D eigenvalue weighted by Gasteiger charge is -2.04. The van der Waals surface area contributed by atoms with E-state index in [9.17, 15) is 0 Å². The lowest BCUT2D eigenvalue weighted by atomic mass is 10.2. The van der Waals surface area contributed by atoms with Gasteiger partial charge in [-0.3, -0.25) is 9.78 Å². The van der Waals surface area contributed by atoms with Crippen molar-refractivity contribution >= 4 is 5.97 Å². The van der Waals surface area contributed by atoms with Crippen LogP contribution in [0.5, 0.6) is 0 Å². The number of carboxylic acids is 1. The smallest absolute Gasteiger partial charge is 0.300 e. The van der Waals surface area contributed by atoms with Crippen molar-refractivity contribution in [2.75, 3.05) is 0 Å². The summed E-state index contributed by atoms with van der Waals surface area (Å²) in [5, 5.41) is 11.3. The average Bonchev–Trinajstić information content (AvgIpc) is 3.11. The topological polar surface area (TPSA) is 94.0 Å². The van der Waals surface area contributed by atoms with Crippen molar-refractivity contribution in [2.24, 2.45) is 0 Å². The number of hydrogen-bond acceptors (Lipinski definition) is 5. The molecular formula is C14H14N4O3. The van der Waals surface area contributed by atoms with Crippen LogP contribution in [0.1, 0.15) is 12.6 Å². The maximum absolute atomic E-state index is 9.00. The van der Waals surface area contributed by atoms with Gasteiger partial charge in [0.05, 0.1) is 6.54 Å². The highest BCUT2D eigenvalue weighted by atomic mass is 16.5. The fourth-order valence-corrected chi connectivity index (χ4v) is 1.69. The summed E-state index contributed by atoms with van der Waals surface area (Å²) in [5.41, 5.74) is 1.86. The molecule has 0 saturated heterocycles.